The van der Waals surface area contributed by atoms with Gasteiger partial charge in [-0.3, -0.25) is 9.40 Å². The molecule has 0 unspecified atom stereocenters. The van der Waals surface area contributed by atoms with Crippen LogP contribution in [0.1, 0.15) is 5.56 Å². The first-order chi connectivity index (χ1) is 9.92. The van der Waals surface area contributed by atoms with Crippen LogP contribution in [0.4, 0.5) is 5.69 Å². The predicted molar refractivity (Wildman–Crippen MR) is 81.4 cm³/mol. The Morgan fingerprint density at radius 3 is 2.86 bits per heavy atom. The number of nitrogens with one attached hydrogen (secondary N) is 1. The lowest BCUT2D eigenvalue weighted by molar-refractivity contribution is 0.601. The zero-order chi connectivity index (χ0) is 15.5. The summed E-state index contributed by atoms with van der Waals surface area (Å²) in [4.78, 5) is 0.0581. The van der Waals surface area contributed by atoms with Gasteiger partial charge in [0.25, 0.3) is 10.0 Å². The highest BCUT2D eigenvalue weighted by Gasteiger charge is 2.17. The molecule has 8 heteroatoms. The fourth-order valence-corrected chi connectivity index (χ4v) is 2.82. The molecule has 0 saturated carbocycles. The van der Waals surface area contributed by atoms with Crippen LogP contribution < -0.4 is 10.5 Å². The summed E-state index contributed by atoms with van der Waals surface area (Å²) in [6.45, 7) is 0.178. The van der Waals surface area contributed by atoms with Crippen LogP contribution >= 0.6 is 11.6 Å². The molecule has 6 nitrogen and oxygen atoms in total. The molecule has 0 fully saturated rings. The van der Waals surface area contributed by atoms with Crippen LogP contribution in [0, 0.1) is 11.8 Å². The third-order valence-corrected chi connectivity index (χ3v) is 4.10. The van der Waals surface area contributed by atoms with E-state index in [1.807, 2.05) is 0 Å². The van der Waals surface area contributed by atoms with E-state index in [-0.39, 0.29) is 11.4 Å². The fraction of sp³-hybridized carbons (Fsp3) is 0.154. The Hall–Kier alpha value is -2.01. The average molecular weight is 325 g/mol. The van der Waals surface area contributed by atoms with E-state index in [4.69, 9.17) is 17.3 Å². The summed E-state index contributed by atoms with van der Waals surface area (Å²) >= 11 is 5.91. The summed E-state index contributed by atoms with van der Waals surface area (Å²) in [6.07, 6.45) is 2.66. The Labute approximate surface area is 128 Å². The smallest absolute Gasteiger partial charge is 0.265 e. The first-order valence-corrected chi connectivity index (χ1v) is 7.78. The molecule has 0 atom stereocenters. The molecule has 2 aromatic rings. The number of nitrogens with zero attached hydrogens (tertiary/aromatic N) is 2. The fourth-order valence-electron chi connectivity index (χ4n) is 1.60. The molecule has 1 aromatic heterocycles. The monoisotopic (exact) mass is 324 g/mol. The maximum Gasteiger partial charge on any atom is 0.265 e. The highest BCUT2D eigenvalue weighted by atomic mass is 35.5. The van der Waals surface area contributed by atoms with Crippen LogP contribution in [0.2, 0.25) is 5.02 Å². The second-order valence-corrected chi connectivity index (χ2v) is 6.27. The number of anilines is 1. The van der Waals surface area contributed by atoms with Crippen molar-refractivity contribution in [3.05, 3.63) is 41.2 Å². The average Bonchev–Trinajstić information content (AvgIpc) is 2.85. The van der Waals surface area contributed by atoms with Gasteiger partial charge in [0.1, 0.15) is 4.90 Å². The number of nitrogens with two attached hydrogens (primary N) is 1. The normalized spacial score (nSPS) is 10.8. The lowest BCUT2D eigenvalue weighted by Crippen LogP contribution is -2.13. The quantitative estimate of drug-likeness (QED) is 0.830. The van der Waals surface area contributed by atoms with E-state index in [1.165, 1.54) is 23.1 Å². The molecule has 0 radical (unpaired) electrons. The van der Waals surface area contributed by atoms with Gasteiger partial charge < -0.3 is 5.73 Å². The second kappa shape index (κ2) is 6.18. The van der Waals surface area contributed by atoms with Gasteiger partial charge in [0.05, 0.1) is 18.4 Å². The summed E-state index contributed by atoms with van der Waals surface area (Å²) in [5.41, 5.74) is 6.12. The third-order valence-electron chi connectivity index (χ3n) is 2.54. The van der Waals surface area contributed by atoms with Crippen molar-refractivity contribution in [3.8, 4) is 11.8 Å². The van der Waals surface area contributed by atoms with Crippen LogP contribution in [0.15, 0.2) is 35.5 Å². The molecule has 0 aliphatic heterocycles. The van der Waals surface area contributed by atoms with Crippen molar-refractivity contribution in [3.63, 3.8) is 0 Å². The SMILES string of the molecule is Cn1cc(S(=O)(=O)Nc2cc(Cl)ccc2C#CCN)cn1. The molecule has 21 heavy (non-hydrogen) atoms. The number of hydrogen-bond donors (Lipinski definition) is 2. The summed E-state index contributed by atoms with van der Waals surface area (Å²) in [6, 6.07) is 4.76. The van der Waals surface area contributed by atoms with E-state index in [0.717, 1.165) is 0 Å². The molecular formula is C13H13ClN4O2S. The molecule has 0 amide bonds. The number of aryl methyl sites for hydroxylation is 1. The number of hydrogen-bond acceptors (Lipinski definition) is 4. The molecule has 2 rings (SSSR count). The molecule has 110 valence electrons. The second-order valence-electron chi connectivity index (χ2n) is 4.15. The molecule has 1 heterocycles. The Morgan fingerprint density at radius 1 is 1.48 bits per heavy atom. The summed E-state index contributed by atoms with van der Waals surface area (Å²) in [7, 11) is -2.11. The molecule has 0 spiro atoms. The maximum absolute atomic E-state index is 12.3. The standard InChI is InChI=1S/C13H13ClN4O2S/c1-18-9-12(8-16-18)21(19,20)17-13-7-11(14)5-4-10(13)3-2-6-15/h4-5,7-9,17H,6,15H2,1H3. The zero-order valence-electron chi connectivity index (χ0n) is 11.2. The summed E-state index contributed by atoms with van der Waals surface area (Å²) < 4.78 is 28.4. The number of benzene rings is 1. The van der Waals surface area contributed by atoms with Gasteiger partial charge >= 0.3 is 0 Å². The van der Waals surface area contributed by atoms with E-state index in [2.05, 4.69) is 21.7 Å². The van der Waals surface area contributed by atoms with Gasteiger partial charge in [-0.15, -0.1) is 0 Å². The summed E-state index contributed by atoms with van der Waals surface area (Å²) in [5.74, 6) is 5.48. The number of rotatable bonds is 3. The lowest BCUT2D eigenvalue weighted by Gasteiger charge is -2.09. The van der Waals surface area contributed by atoms with Gasteiger partial charge in [-0.05, 0) is 18.2 Å². The molecule has 0 aliphatic rings. The van der Waals surface area contributed by atoms with Gasteiger partial charge in [-0.2, -0.15) is 5.10 Å². The topological polar surface area (TPSA) is 90.0 Å². The van der Waals surface area contributed by atoms with Gasteiger partial charge in [0.15, 0.2) is 0 Å². The Balaban J connectivity index is 2.41. The van der Waals surface area contributed by atoms with E-state index in [9.17, 15) is 8.42 Å². The van der Waals surface area contributed by atoms with Crippen LogP contribution in [0.3, 0.4) is 0 Å². The van der Waals surface area contributed by atoms with E-state index >= 15 is 0 Å². The number of halogens is 1. The van der Waals surface area contributed by atoms with Crippen molar-refractivity contribution in [2.24, 2.45) is 12.8 Å². The minimum Gasteiger partial charge on any atom is -0.320 e. The van der Waals surface area contributed by atoms with Gasteiger partial charge in [-0.1, -0.05) is 23.4 Å². The van der Waals surface area contributed by atoms with Crippen LogP contribution in [0.25, 0.3) is 0 Å². The maximum atomic E-state index is 12.3. The molecule has 0 bridgehead atoms. The Bertz CT molecular complexity index is 818. The van der Waals surface area contributed by atoms with Gasteiger partial charge in [0, 0.05) is 23.8 Å². The predicted octanol–water partition coefficient (Wildman–Crippen LogP) is 1.18. The highest BCUT2D eigenvalue weighted by Crippen LogP contribution is 2.23. The molecule has 1 aromatic carbocycles. The third kappa shape index (κ3) is 3.76. The molecular weight excluding hydrogens is 312 g/mol. The lowest BCUT2D eigenvalue weighted by atomic mass is 10.2. The minimum atomic E-state index is -3.75. The Kier molecular flexibility index (Phi) is 4.53. The number of sulfonamides is 1. The molecule has 3 N–H and O–H groups in total. The Morgan fingerprint density at radius 2 is 2.24 bits per heavy atom. The van der Waals surface area contributed by atoms with E-state index < -0.39 is 10.0 Å². The van der Waals surface area contributed by atoms with Gasteiger partial charge in [0.2, 0.25) is 0 Å². The van der Waals surface area contributed by atoms with E-state index in [1.54, 1.807) is 19.2 Å². The van der Waals surface area contributed by atoms with Crippen LogP contribution in [-0.2, 0) is 17.1 Å². The minimum absolute atomic E-state index is 0.0581. The van der Waals surface area contributed by atoms with E-state index in [0.29, 0.717) is 16.3 Å². The van der Waals surface area contributed by atoms with Crippen molar-refractivity contribution in [2.45, 2.75) is 4.90 Å². The van der Waals surface area contributed by atoms with Crippen molar-refractivity contribution < 1.29 is 8.42 Å². The molecule has 0 saturated heterocycles. The van der Waals surface area contributed by atoms with Crippen molar-refractivity contribution in [1.29, 1.82) is 0 Å². The van der Waals surface area contributed by atoms with Crippen molar-refractivity contribution in [1.82, 2.24) is 9.78 Å². The first-order valence-electron chi connectivity index (χ1n) is 5.92. The first kappa shape index (κ1) is 15.4. The van der Waals surface area contributed by atoms with Crippen LogP contribution in [-0.4, -0.2) is 24.7 Å². The zero-order valence-corrected chi connectivity index (χ0v) is 12.7. The van der Waals surface area contributed by atoms with Crippen molar-refractivity contribution in [2.75, 3.05) is 11.3 Å². The number of aromatic nitrogens is 2. The molecule has 0 aliphatic carbocycles. The largest absolute Gasteiger partial charge is 0.320 e. The highest BCUT2D eigenvalue weighted by molar-refractivity contribution is 7.92. The summed E-state index contributed by atoms with van der Waals surface area (Å²) in [5, 5.41) is 4.24. The van der Waals surface area contributed by atoms with Crippen molar-refractivity contribution >= 4 is 27.3 Å². The van der Waals surface area contributed by atoms with Gasteiger partial charge in [-0.25, -0.2) is 8.42 Å². The van der Waals surface area contributed by atoms with Crippen LogP contribution in [0.5, 0.6) is 0 Å².